The van der Waals surface area contributed by atoms with Crippen LogP contribution in [0.4, 0.5) is 0 Å². The van der Waals surface area contributed by atoms with Crippen LogP contribution in [0.15, 0.2) is 66.5 Å². The Balaban J connectivity index is 2.06. The summed E-state index contributed by atoms with van der Waals surface area (Å²) in [7, 11) is -3.94. The van der Waals surface area contributed by atoms with E-state index in [2.05, 4.69) is 0 Å². The van der Waals surface area contributed by atoms with Crippen LogP contribution in [0.2, 0.25) is 0 Å². The molecule has 20 heavy (non-hydrogen) atoms. The highest BCUT2D eigenvalue weighted by molar-refractivity contribution is 7.88. The first kappa shape index (κ1) is 12.9. The van der Waals surface area contributed by atoms with Crippen LogP contribution < -0.4 is 0 Å². The molecule has 2 aliphatic rings. The van der Waals surface area contributed by atoms with Gasteiger partial charge < -0.3 is 4.18 Å². The minimum Gasteiger partial charge on any atom is -0.386 e. The van der Waals surface area contributed by atoms with Crippen molar-refractivity contribution in [3.05, 3.63) is 72.0 Å². The maximum Gasteiger partial charge on any atom is 0.320 e. The van der Waals surface area contributed by atoms with Gasteiger partial charge in [-0.1, -0.05) is 54.6 Å². The summed E-state index contributed by atoms with van der Waals surface area (Å²) in [5, 5.41) is -1.22. The molecule has 4 nitrogen and oxygen atoms in total. The molecule has 1 fully saturated rings. The van der Waals surface area contributed by atoms with E-state index < -0.39 is 27.1 Å². The van der Waals surface area contributed by atoms with Crippen molar-refractivity contribution < 1.29 is 17.4 Å². The quantitative estimate of drug-likeness (QED) is 0.618. The summed E-state index contributed by atoms with van der Waals surface area (Å²) in [5.41, 5.74) is 0.372. The van der Waals surface area contributed by atoms with Gasteiger partial charge in [0, 0.05) is 5.56 Å². The van der Waals surface area contributed by atoms with E-state index in [9.17, 15) is 13.2 Å². The van der Waals surface area contributed by atoms with E-state index in [0.717, 1.165) is 0 Å². The van der Waals surface area contributed by atoms with Gasteiger partial charge in [0.2, 0.25) is 0 Å². The zero-order chi connectivity index (χ0) is 14.2. The molecule has 3 rings (SSSR count). The van der Waals surface area contributed by atoms with Gasteiger partial charge in [-0.2, -0.15) is 8.42 Å². The molecular weight excluding hydrogens is 276 g/mol. The van der Waals surface area contributed by atoms with Gasteiger partial charge in [-0.3, -0.25) is 4.79 Å². The lowest BCUT2D eigenvalue weighted by Crippen LogP contribution is -2.31. The first-order chi connectivity index (χ1) is 9.59. The summed E-state index contributed by atoms with van der Waals surface area (Å²) in [6, 6.07) is 8.40. The van der Waals surface area contributed by atoms with E-state index in [1.165, 1.54) is 0 Å². The molecule has 102 valence electrons. The van der Waals surface area contributed by atoms with Crippen molar-refractivity contribution in [2.24, 2.45) is 5.92 Å². The zero-order valence-corrected chi connectivity index (χ0v) is 11.3. The van der Waals surface area contributed by atoms with Crippen LogP contribution in [0.3, 0.4) is 0 Å². The number of hydrogen-bond donors (Lipinski definition) is 0. The first-order valence-electron chi connectivity index (χ1n) is 6.17. The van der Waals surface area contributed by atoms with Crippen LogP contribution >= 0.6 is 0 Å². The third-order valence-corrected chi connectivity index (χ3v) is 4.85. The van der Waals surface area contributed by atoms with Crippen molar-refractivity contribution in [1.29, 1.82) is 0 Å². The second-order valence-electron chi connectivity index (χ2n) is 4.59. The standard InChI is InChI=1S/C15H12O4S/c16-14(11-7-3-1-4-8-11)15-12-9-5-2-6-10-13(12)19-20(15,17)18/h1-10,12,15H/t12-,15-/m0/s1. The van der Waals surface area contributed by atoms with Gasteiger partial charge in [-0.25, -0.2) is 0 Å². The van der Waals surface area contributed by atoms with Gasteiger partial charge in [-0.05, 0) is 6.08 Å². The first-order valence-corrected chi connectivity index (χ1v) is 7.64. The van der Waals surface area contributed by atoms with Crippen LogP contribution in [-0.4, -0.2) is 19.5 Å². The molecule has 1 aliphatic carbocycles. The summed E-state index contributed by atoms with van der Waals surface area (Å²) in [6.45, 7) is 0. The average Bonchev–Trinajstić information content (AvgIpc) is 2.57. The number of Topliss-reactive ketones (excluding diaryl/α,β-unsaturated/α-hetero) is 1. The molecule has 0 N–H and O–H groups in total. The monoisotopic (exact) mass is 288 g/mol. The summed E-state index contributed by atoms with van der Waals surface area (Å²) in [4.78, 5) is 12.5. The van der Waals surface area contributed by atoms with Gasteiger partial charge in [-0.15, -0.1) is 0 Å². The lowest BCUT2D eigenvalue weighted by molar-refractivity contribution is 0.0980. The molecule has 0 radical (unpaired) electrons. The summed E-state index contributed by atoms with van der Waals surface area (Å²) in [5.74, 6) is -0.711. The molecule has 1 aliphatic heterocycles. The highest BCUT2D eigenvalue weighted by Crippen LogP contribution is 2.37. The molecule has 1 saturated heterocycles. The van der Waals surface area contributed by atoms with Gasteiger partial charge in [0.15, 0.2) is 11.0 Å². The largest absolute Gasteiger partial charge is 0.386 e. The molecule has 2 atom stereocenters. The molecule has 1 aromatic rings. The predicted octanol–water partition coefficient (Wildman–Crippen LogP) is 2.22. The smallest absolute Gasteiger partial charge is 0.320 e. The number of hydrogen-bond acceptors (Lipinski definition) is 4. The fourth-order valence-electron chi connectivity index (χ4n) is 2.36. The number of fused-ring (bicyclic) bond motifs is 1. The van der Waals surface area contributed by atoms with Crippen LogP contribution in [0.1, 0.15) is 10.4 Å². The van der Waals surface area contributed by atoms with Crippen molar-refractivity contribution in [1.82, 2.24) is 0 Å². The number of rotatable bonds is 2. The lowest BCUT2D eigenvalue weighted by atomic mass is 9.95. The van der Waals surface area contributed by atoms with Crippen molar-refractivity contribution in [2.75, 3.05) is 0 Å². The molecule has 0 spiro atoms. The fourth-order valence-corrected chi connectivity index (χ4v) is 3.88. The molecule has 0 aromatic heterocycles. The van der Waals surface area contributed by atoms with Gasteiger partial charge in [0.1, 0.15) is 5.76 Å². The highest BCUT2D eigenvalue weighted by Gasteiger charge is 2.49. The molecule has 0 unspecified atom stereocenters. The average molecular weight is 288 g/mol. The molecule has 1 aromatic carbocycles. The summed E-state index contributed by atoms with van der Waals surface area (Å²) < 4.78 is 29.2. The van der Waals surface area contributed by atoms with Crippen LogP contribution in [0.25, 0.3) is 0 Å². The third kappa shape index (κ3) is 2.10. The van der Waals surface area contributed by atoms with Gasteiger partial charge >= 0.3 is 10.1 Å². The minimum absolute atomic E-state index is 0.296. The maximum atomic E-state index is 12.5. The Morgan fingerprint density at radius 2 is 1.80 bits per heavy atom. The Hall–Kier alpha value is -2.14. The van der Waals surface area contributed by atoms with Gasteiger partial charge in [0.05, 0.1) is 5.92 Å². The number of ketones is 1. The van der Waals surface area contributed by atoms with E-state index in [4.69, 9.17) is 4.18 Å². The van der Waals surface area contributed by atoms with Crippen molar-refractivity contribution in [3.63, 3.8) is 0 Å². The van der Waals surface area contributed by atoms with Crippen LogP contribution in [0.5, 0.6) is 0 Å². The lowest BCUT2D eigenvalue weighted by Gasteiger charge is -2.10. The highest BCUT2D eigenvalue weighted by atomic mass is 32.2. The normalized spacial score (nSPS) is 26.3. The molecule has 1 heterocycles. The molecule has 0 bridgehead atoms. The second-order valence-corrected chi connectivity index (χ2v) is 6.25. The number of carbonyl (C=O) groups is 1. The molecular formula is C15H12O4S. The van der Waals surface area contributed by atoms with E-state index in [1.807, 2.05) is 0 Å². The maximum absolute atomic E-state index is 12.5. The van der Waals surface area contributed by atoms with Crippen molar-refractivity contribution >= 4 is 15.9 Å². The van der Waals surface area contributed by atoms with Crippen molar-refractivity contribution in [3.8, 4) is 0 Å². The zero-order valence-electron chi connectivity index (χ0n) is 10.5. The Labute approximate surface area is 117 Å². The van der Waals surface area contributed by atoms with E-state index in [0.29, 0.717) is 11.3 Å². The number of allylic oxidation sites excluding steroid dienone is 5. The van der Waals surface area contributed by atoms with Crippen molar-refractivity contribution in [2.45, 2.75) is 5.25 Å². The molecule has 0 amide bonds. The van der Waals surface area contributed by atoms with E-state index >= 15 is 0 Å². The van der Waals surface area contributed by atoms with Crippen LogP contribution in [-0.2, 0) is 14.3 Å². The van der Waals surface area contributed by atoms with E-state index in [1.54, 1.807) is 60.7 Å². The van der Waals surface area contributed by atoms with E-state index in [-0.39, 0.29) is 0 Å². The topological polar surface area (TPSA) is 60.4 Å². The number of benzene rings is 1. The summed E-state index contributed by atoms with van der Waals surface area (Å²) in [6.07, 6.45) is 8.46. The third-order valence-electron chi connectivity index (χ3n) is 3.30. The fraction of sp³-hybridized carbons (Fsp3) is 0.133. The SMILES string of the molecule is O=C(c1ccccc1)[C@@H]1[C@H]2C=CC=CC=C2OS1(=O)=O. The Morgan fingerprint density at radius 1 is 1.05 bits per heavy atom. The minimum atomic E-state index is -3.94. The predicted molar refractivity (Wildman–Crippen MR) is 74.4 cm³/mol. The Bertz CT molecular complexity index is 726. The van der Waals surface area contributed by atoms with Crippen LogP contribution in [0, 0.1) is 5.92 Å². The Morgan fingerprint density at radius 3 is 2.55 bits per heavy atom. The summed E-state index contributed by atoms with van der Waals surface area (Å²) >= 11 is 0. The molecule has 0 saturated carbocycles. The van der Waals surface area contributed by atoms with Gasteiger partial charge in [0.25, 0.3) is 0 Å². The Kier molecular flexibility index (Phi) is 3.06. The number of carbonyl (C=O) groups excluding carboxylic acids is 1. The second kappa shape index (κ2) is 4.76. The molecule has 5 heteroatoms.